The van der Waals surface area contributed by atoms with Gasteiger partial charge in [0.1, 0.15) is 0 Å². The molecule has 3 heteroatoms. The highest BCUT2D eigenvalue weighted by molar-refractivity contribution is 9.10. The second-order valence-electron chi connectivity index (χ2n) is 5.73. The standard InChI is InChI=1S/C15H20BrNO/c16-13-5-3-10(4-6-13)12-7-14(8-12)17-9-15(18)11-1-2-11/h3-6,11-12,14-15,17-18H,1-2,7-9H2. The molecule has 2 nitrogen and oxygen atoms in total. The van der Waals surface area contributed by atoms with Crippen LogP contribution in [0.2, 0.25) is 0 Å². The molecule has 0 aliphatic heterocycles. The van der Waals surface area contributed by atoms with Gasteiger partial charge >= 0.3 is 0 Å². The number of hydrogen-bond donors (Lipinski definition) is 2. The molecule has 1 aromatic carbocycles. The maximum absolute atomic E-state index is 9.80. The number of halogens is 1. The first-order chi connectivity index (χ1) is 8.72. The van der Waals surface area contributed by atoms with Crippen molar-refractivity contribution in [3.8, 4) is 0 Å². The molecule has 0 amide bonds. The normalized spacial score (nSPS) is 28.8. The van der Waals surface area contributed by atoms with Gasteiger partial charge in [0.05, 0.1) is 6.10 Å². The summed E-state index contributed by atoms with van der Waals surface area (Å²) in [6, 6.07) is 9.26. The zero-order chi connectivity index (χ0) is 12.5. The van der Waals surface area contributed by atoms with E-state index in [1.807, 2.05) is 0 Å². The van der Waals surface area contributed by atoms with Crippen molar-refractivity contribution in [2.45, 2.75) is 43.7 Å². The lowest BCUT2D eigenvalue weighted by atomic mass is 9.76. The Morgan fingerprint density at radius 1 is 1.22 bits per heavy atom. The van der Waals surface area contributed by atoms with E-state index in [0.29, 0.717) is 17.9 Å². The lowest BCUT2D eigenvalue weighted by molar-refractivity contribution is 0.135. The van der Waals surface area contributed by atoms with Crippen LogP contribution in [0, 0.1) is 5.92 Å². The number of nitrogens with one attached hydrogen (secondary N) is 1. The van der Waals surface area contributed by atoms with Gasteiger partial charge in [-0.2, -0.15) is 0 Å². The van der Waals surface area contributed by atoms with Crippen LogP contribution in [0.25, 0.3) is 0 Å². The molecule has 0 aromatic heterocycles. The van der Waals surface area contributed by atoms with Crippen molar-refractivity contribution in [1.29, 1.82) is 0 Å². The van der Waals surface area contributed by atoms with E-state index < -0.39 is 0 Å². The topological polar surface area (TPSA) is 32.3 Å². The summed E-state index contributed by atoms with van der Waals surface area (Å²) in [6.07, 6.45) is 4.74. The maximum atomic E-state index is 9.80. The Morgan fingerprint density at radius 3 is 2.50 bits per heavy atom. The Labute approximate surface area is 117 Å². The smallest absolute Gasteiger partial charge is 0.0692 e. The summed E-state index contributed by atoms with van der Waals surface area (Å²) in [5.41, 5.74) is 1.44. The molecule has 0 radical (unpaired) electrons. The van der Waals surface area contributed by atoms with Crippen LogP contribution in [-0.4, -0.2) is 23.8 Å². The highest BCUT2D eigenvalue weighted by atomic mass is 79.9. The quantitative estimate of drug-likeness (QED) is 0.876. The molecule has 18 heavy (non-hydrogen) atoms. The van der Waals surface area contributed by atoms with Crippen molar-refractivity contribution < 1.29 is 5.11 Å². The predicted octanol–water partition coefficient (Wildman–Crippen LogP) is 3.06. The van der Waals surface area contributed by atoms with Crippen LogP contribution in [0.1, 0.15) is 37.2 Å². The lowest BCUT2D eigenvalue weighted by Gasteiger charge is -2.37. The molecular formula is C15H20BrNO. The van der Waals surface area contributed by atoms with Gasteiger partial charge in [-0.1, -0.05) is 28.1 Å². The Bertz CT molecular complexity index is 395. The van der Waals surface area contributed by atoms with E-state index in [1.54, 1.807) is 0 Å². The molecule has 0 saturated heterocycles. The van der Waals surface area contributed by atoms with E-state index in [-0.39, 0.29) is 6.10 Å². The summed E-state index contributed by atoms with van der Waals surface area (Å²) in [6.45, 7) is 0.780. The van der Waals surface area contributed by atoms with Gasteiger partial charge in [-0.25, -0.2) is 0 Å². The molecule has 1 atom stereocenters. The highest BCUT2D eigenvalue weighted by Gasteiger charge is 2.33. The van der Waals surface area contributed by atoms with Gasteiger partial charge in [0.2, 0.25) is 0 Å². The molecule has 2 N–H and O–H groups in total. The average molecular weight is 310 g/mol. The van der Waals surface area contributed by atoms with Gasteiger partial charge in [0, 0.05) is 17.1 Å². The van der Waals surface area contributed by atoms with Gasteiger partial charge in [-0.05, 0) is 55.2 Å². The second kappa shape index (κ2) is 5.32. The largest absolute Gasteiger partial charge is 0.392 e. The van der Waals surface area contributed by atoms with E-state index in [1.165, 1.54) is 31.2 Å². The van der Waals surface area contributed by atoms with Crippen molar-refractivity contribution >= 4 is 15.9 Å². The van der Waals surface area contributed by atoms with E-state index in [9.17, 15) is 5.11 Å². The van der Waals surface area contributed by atoms with Gasteiger partial charge in [0.25, 0.3) is 0 Å². The summed E-state index contributed by atoms with van der Waals surface area (Å²) in [5, 5.41) is 13.3. The van der Waals surface area contributed by atoms with Crippen molar-refractivity contribution in [1.82, 2.24) is 5.32 Å². The van der Waals surface area contributed by atoms with Crippen molar-refractivity contribution in [2.75, 3.05) is 6.54 Å². The highest BCUT2D eigenvalue weighted by Crippen LogP contribution is 2.37. The van der Waals surface area contributed by atoms with E-state index in [4.69, 9.17) is 0 Å². The third-order valence-corrected chi connectivity index (χ3v) is 4.79. The van der Waals surface area contributed by atoms with Gasteiger partial charge in [0.15, 0.2) is 0 Å². The van der Waals surface area contributed by atoms with Crippen LogP contribution >= 0.6 is 15.9 Å². The number of aliphatic hydroxyl groups is 1. The fraction of sp³-hybridized carbons (Fsp3) is 0.600. The molecule has 0 heterocycles. The number of hydrogen-bond acceptors (Lipinski definition) is 2. The minimum absolute atomic E-state index is 0.114. The van der Waals surface area contributed by atoms with Gasteiger partial charge < -0.3 is 10.4 Å². The summed E-state index contributed by atoms with van der Waals surface area (Å²) in [4.78, 5) is 0. The zero-order valence-corrected chi connectivity index (χ0v) is 12.1. The summed E-state index contributed by atoms with van der Waals surface area (Å²) < 4.78 is 1.15. The monoisotopic (exact) mass is 309 g/mol. The third kappa shape index (κ3) is 2.95. The van der Waals surface area contributed by atoms with Gasteiger partial charge in [-0.15, -0.1) is 0 Å². The number of benzene rings is 1. The number of aliphatic hydroxyl groups excluding tert-OH is 1. The van der Waals surface area contributed by atoms with Crippen LogP contribution in [0.5, 0.6) is 0 Å². The van der Waals surface area contributed by atoms with E-state index in [0.717, 1.165) is 11.0 Å². The molecule has 0 bridgehead atoms. The average Bonchev–Trinajstić information content (AvgIpc) is 3.13. The van der Waals surface area contributed by atoms with Crippen molar-refractivity contribution in [2.24, 2.45) is 5.92 Å². The summed E-state index contributed by atoms with van der Waals surface area (Å²) >= 11 is 3.47. The lowest BCUT2D eigenvalue weighted by Crippen LogP contribution is -2.43. The minimum Gasteiger partial charge on any atom is -0.392 e. The summed E-state index contributed by atoms with van der Waals surface area (Å²) in [7, 11) is 0. The van der Waals surface area contributed by atoms with Gasteiger partial charge in [-0.3, -0.25) is 0 Å². The minimum atomic E-state index is -0.114. The molecule has 2 aliphatic carbocycles. The molecule has 2 fully saturated rings. The zero-order valence-electron chi connectivity index (χ0n) is 10.5. The predicted molar refractivity (Wildman–Crippen MR) is 76.6 cm³/mol. The van der Waals surface area contributed by atoms with Crippen molar-refractivity contribution in [3.63, 3.8) is 0 Å². The first-order valence-electron chi connectivity index (χ1n) is 6.89. The van der Waals surface area contributed by atoms with Crippen LogP contribution in [0.15, 0.2) is 28.7 Å². The van der Waals surface area contributed by atoms with Crippen molar-refractivity contribution in [3.05, 3.63) is 34.3 Å². The Kier molecular flexibility index (Phi) is 3.73. The first-order valence-corrected chi connectivity index (χ1v) is 7.68. The molecule has 2 saturated carbocycles. The number of rotatable bonds is 5. The molecule has 3 rings (SSSR count). The van der Waals surface area contributed by atoms with Crippen LogP contribution < -0.4 is 5.32 Å². The van der Waals surface area contributed by atoms with Crippen LogP contribution in [-0.2, 0) is 0 Å². The third-order valence-electron chi connectivity index (χ3n) is 4.26. The maximum Gasteiger partial charge on any atom is 0.0692 e. The second-order valence-corrected chi connectivity index (χ2v) is 6.65. The van der Waals surface area contributed by atoms with E-state index >= 15 is 0 Å². The SMILES string of the molecule is OC(CNC1CC(c2ccc(Br)cc2)C1)C1CC1. The first kappa shape index (κ1) is 12.6. The molecule has 98 valence electrons. The molecule has 1 unspecified atom stereocenters. The fourth-order valence-corrected chi connectivity index (χ4v) is 2.99. The molecular weight excluding hydrogens is 290 g/mol. The Morgan fingerprint density at radius 2 is 1.89 bits per heavy atom. The molecule has 0 spiro atoms. The fourth-order valence-electron chi connectivity index (χ4n) is 2.73. The summed E-state index contributed by atoms with van der Waals surface area (Å²) in [5.74, 6) is 1.29. The van der Waals surface area contributed by atoms with Crippen LogP contribution in [0.4, 0.5) is 0 Å². The molecule has 2 aliphatic rings. The van der Waals surface area contributed by atoms with Crippen LogP contribution in [0.3, 0.4) is 0 Å². The van der Waals surface area contributed by atoms with E-state index in [2.05, 4.69) is 45.5 Å². The Hall–Kier alpha value is -0.380. The Balaban J connectivity index is 1.41. The molecule has 1 aromatic rings.